The molecular weight excluding hydrogens is 479 g/mol. The maximum atomic E-state index is 11.5. The van der Waals surface area contributed by atoms with Crippen LogP contribution in [-0.4, -0.2) is 82.9 Å². The molecule has 3 rings (SSSR count). The van der Waals surface area contributed by atoms with Crippen LogP contribution in [0.15, 0.2) is 34.2 Å². The van der Waals surface area contributed by atoms with Gasteiger partial charge >= 0.3 is 0 Å². The van der Waals surface area contributed by atoms with E-state index in [0.717, 1.165) is 57.3 Å². The Hall–Kier alpha value is -0.910. The number of halogens is 1. The molecular formula is C18H29IN4O3S. The topological polar surface area (TPSA) is 74.2 Å². The van der Waals surface area contributed by atoms with E-state index in [1.54, 1.807) is 19.2 Å². The van der Waals surface area contributed by atoms with Crippen LogP contribution in [0.1, 0.15) is 12.0 Å². The first-order valence-electron chi connectivity index (χ1n) is 9.04. The summed E-state index contributed by atoms with van der Waals surface area (Å²) in [7, 11) is -1.35. The Kier molecular flexibility index (Phi) is 8.32. The fraction of sp³-hybridized carbons (Fsp3) is 0.611. The summed E-state index contributed by atoms with van der Waals surface area (Å²) in [5.41, 5.74) is 1.03. The van der Waals surface area contributed by atoms with Crippen molar-refractivity contribution in [3.8, 4) is 0 Å². The van der Waals surface area contributed by atoms with Crippen molar-refractivity contribution in [3.63, 3.8) is 0 Å². The van der Waals surface area contributed by atoms with Crippen LogP contribution in [0.25, 0.3) is 0 Å². The highest BCUT2D eigenvalue weighted by atomic mass is 127. The Morgan fingerprint density at radius 2 is 1.89 bits per heavy atom. The van der Waals surface area contributed by atoms with Gasteiger partial charge in [-0.25, -0.2) is 8.42 Å². The number of nitrogens with zero attached hydrogens (tertiary/aromatic N) is 3. The molecule has 1 N–H and O–H groups in total. The molecule has 7 nitrogen and oxygen atoms in total. The van der Waals surface area contributed by atoms with Gasteiger partial charge < -0.3 is 15.0 Å². The number of morpholine rings is 1. The highest BCUT2D eigenvalue weighted by Crippen LogP contribution is 2.17. The zero-order valence-electron chi connectivity index (χ0n) is 15.9. The molecule has 2 heterocycles. The average molecular weight is 508 g/mol. The smallest absolute Gasteiger partial charge is 0.193 e. The van der Waals surface area contributed by atoms with E-state index >= 15 is 0 Å². The number of hydrogen-bond donors (Lipinski definition) is 1. The lowest BCUT2D eigenvalue weighted by atomic mass is 10.2. The molecule has 0 amide bonds. The molecule has 1 unspecified atom stereocenters. The number of nitrogens with one attached hydrogen (secondary N) is 1. The van der Waals surface area contributed by atoms with Crippen molar-refractivity contribution in [3.05, 3.63) is 29.8 Å². The molecule has 27 heavy (non-hydrogen) atoms. The molecule has 0 spiro atoms. The number of sulfone groups is 1. The summed E-state index contributed by atoms with van der Waals surface area (Å²) in [5, 5.41) is 3.39. The second kappa shape index (κ2) is 10.0. The molecule has 2 aliphatic heterocycles. The zero-order chi connectivity index (χ0) is 18.6. The molecule has 0 saturated carbocycles. The summed E-state index contributed by atoms with van der Waals surface area (Å²) in [4.78, 5) is 9.57. The van der Waals surface area contributed by atoms with E-state index in [4.69, 9.17) is 4.74 Å². The van der Waals surface area contributed by atoms with Gasteiger partial charge in [0.05, 0.1) is 18.1 Å². The van der Waals surface area contributed by atoms with Crippen LogP contribution >= 0.6 is 24.0 Å². The van der Waals surface area contributed by atoms with E-state index in [1.807, 2.05) is 12.1 Å². The van der Waals surface area contributed by atoms with Crippen molar-refractivity contribution in [2.45, 2.75) is 23.9 Å². The molecule has 2 saturated heterocycles. The molecule has 0 aromatic heterocycles. The molecule has 152 valence electrons. The van der Waals surface area contributed by atoms with Gasteiger partial charge in [0, 0.05) is 52.1 Å². The number of hydrogen-bond acceptors (Lipinski definition) is 5. The van der Waals surface area contributed by atoms with Gasteiger partial charge in [-0.15, -0.1) is 24.0 Å². The molecule has 9 heteroatoms. The first-order chi connectivity index (χ1) is 12.5. The van der Waals surface area contributed by atoms with Gasteiger partial charge in [-0.1, -0.05) is 12.1 Å². The van der Waals surface area contributed by atoms with Gasteiger partial charge in [-0.05, 0) is 24.1 Å². The molecule has 2 aliphatic rings. The fourth-order valence-corrected chi connectivity index (χ4v) is 4.17. The summed E-state index contributed by atoms with van der Waals surface area (Å²) >= 11 is 0. The number of guanidine groups is 1. The Morgan fingerprint density at radius 3 is 2.48 bits per heavy atom. The molecule has 2 fully saturated rings. The second-order valence-electron chi connectivity index (χ2n) is 6.85. The zero-order valence-corrected chi connectivity index (χ0v) is 19.1. The van der Waals surface area contributed by atoms with Crippen molar-refractivity contribution >= 4 is 39.8 Å². The maximum absolute atomic E-state index is 11.5. The Morgan fingerprint density at radius 1 is 1.22 bits per heavy atom. The second-order valence-corrected chi connectivity index (χ2v) is 8.87. The van der Waals surface area contributed by atoms with Gasteiger partial charge in [0.1, 0.15) is 0 Å². The number of rotatable bonds is 4. The van der Waals surface area contributed by atoms with Crippen LogP contribution < -0.4 is 5.32 Å². The van der Waals surface area contributed by atoms with Crippen LogP contribution in [0.5, 0.6) is 0 Å². The lowest BCUT2D eigenvalue weighted by Crippen LogP contribution is -2.46. The quantitative estimate of drug-likeness (QED) is 0.375. The van der Waals surface area contributed by atoms with Crippen molar-refractivity contribution < 1.29 is 13.2 Å². The van der Waals surface area contributed by atoms with Crippen LogP contribution in [-0.2, 0) is 21.1 Å². The van der Waals surface area contributed by atoms with E-state index in [9.17, 15) is 8.42 Å². The first-order valence-corrected chi connectivity index (χ1v) is 10.9. The summed E-state index contributed by atoms with van der Waals surface area (Å²) in [5.74, 6) is 0.896. The van der Waals surface area contributed by atoms with E-state index in [1.165, 1.54) is 6.26 Å². The third-order valence-corrected chi connectivity index (χ3v) is 6.17. The lowest BCUT2D eigenvalue weighted by molar-refractivity contribution is 0.0195. The van der Waals surface area contributed by atoms with E-state index in [0.29, 0.717) is 17.5 Å². The highest BCUT2D eigenvalue weighted by Gasteiger charge is 2.30. The van der Waals surface area contributed by atoms with Gasteiger partial charge in [0.2, 0.25) is 0 Å². The summed E-state index contributed by atoms with van der Waals surface area (Å²) in [6.45, 7) is 6.27. The molecule has 0 radical (unpaired) electrons. The largest absolute Gasteiger partial charge is 0.379 e. The number of likely N-dealkylation sites (tertiary alicyclic amines) is 1. The first kappa shape index (κ1) is 22.4. The van der Waals surface area contributed by atoms with E-state index in [-0.39, 0.29) is 24.0 Å². The summed E-state index contributed by atoms with van der Waals surface area (Å²) in [6, 6.07) is 7.55. The van der Waals surface area contributed by atoms with Gasteiger partial charge in [0.25, 0.3) is 0 Å². The lowest BCUT2D eigenvalue weighted by Gasteiger charge is -2.32. The number of ether oxygens (including phenoxy) is 1. The minimum absolute atomic E-state index is 0. The third-order valence-electron chi connectivity index (χ3n) is 5.04. The normalized spacial score (nSPS) is 21.8. The molecule has 1 aromatic rings. The van der Waals surface area contributed by atoms with Crippen molar-refractivity contribution in [1.29, 1.82) is 0 Å². The average Bonchev–Trinajstić information content (AvgIpc) is 3.13. The number of aliphatic imine (C=N–C) groups is 1. The predicted molar refractivity (Wildman–Crippen MR) is 118 cm³/mol. The summed E-state index contributed by atoms with van der Waals surface area (Å²) in [6.07, 6.45) is 2.37. The van der Waals surface area contributed by atoms with Crippen molar-refractivity contribution in [1.82, 2.24) is 15.1 Å². The van der Waals surface area contributed by atoms with Crippen LogP contribution in [0.4, 0.5) is 0 Å². The third kappa shape index (κ3) is 6.03. The Balaban J connectivity index is 0.00000261. The van der Waals surface area contributed by atoms with Crippen LogP contribution in [0.2, 0.25) is 0 Å². The standard InChI is InChI=1S/C18H28N4O3S.HI/c1-19-18(20-13-15-3-5-17(6-4-15)26(2,23)24)22-8-7-16(14-22)21-9-11-25-12-10-21;/h3-6,16H,7-14H2,1-2H3,(H,19,20);1H. The monoisotopic (exact) mass is 508 g/mol. The van der Waals surface area contributed by atoms with E-state index < -0.39 is 9.84 Å². The Labute approximate surface area is 179 Å². The number of benzene rings is 1. The Bertz CT molecular complexity index is 733. The van der Waals surface area contributed by atoms with Crippen LogP contribution in [0.3, 0.4) is 0 Å². The van der Waals surface area contributed by atoms with Crippen molar-refractivity contribution in [2.75, 3.05) is 52.7 Å². The predicted octanol–water partition coefficient (Wildman–Crippen LogP) is 1.19. The minimum atomic E-state index is -3.15. The van der Waals surface area contributed by atoms with Gasteiger partial charge in [-0.2, -0.15) is 0 Å². The fourth-order valence-electron chi connectivity index (χ4n) is 3.54. The van der Waals surface area contributed by atoms with E-state index in [2.05, 4.69) is 20.1 Å². The van der Waals surface area contributed by atoms with Gasteiger partial charge in [0.15, 0.2) is 15.8 Å². The highest BCUT2D eigenvalue weighted by molar-refractivity contribution is 14.0. The SMILES string of the molecule is CN=C(NCc1ccc(S(C)(=O)=O)cc1)N1CCC(N2CCOCC2)C1.I. The van der Waals surface area contributed by atoms with Crippen LogP contribution in [0, 0.1) is 0 Å². The maximum Gasteiger partial charge on any atom is 0.193 e. The van der Waals surface area contributed by atoms with Crippen molar-refractivity contribution in [2.24, 2.45) is 4.99 Å². The molecule has 1 atom stereocenters. The molecule has 0 aliphatic carbocycles. The van der Waals surface area contributed by atoms with Gasteiger partial charge in [-0.3, -0.25) is 9.89 Å². The molecule has 0 bridgehead atoms. The molecule has 1 aromatic carbocycles. The minimum Gasteiger partial charge on any atom is -0.379 e. The summed E-state index contributed by atoms with van der Waals surface area (Å²) < 4.78 is 28.5.